The van der Waals surface area contributed by atoms with Crippen molar-refractivity contribution in [3.8, 4) is 5.75 Å². The lowest BCUT2D eigenvalue weighted by molar-refractivity contribution is 0.0978. The lowest BCUT2D eigenvalue weighted by Gasteiger charge is -2.10. The quantitative estimate of drug-likeness (QED) is 0.850. The Morgan fingerprint density at radius 1 is 1.10 bits per heavy atom. The smallest absolute Gasteiger partial charge is 0.257 e. The van der Waals surface area contributed by atoms with Crippen LogP contribution >= 0.6 is 23.8 Å². The number of amides is 1. The maximum absolute atomic E-state index is 12.0. The van der Waals surface area contributed by atoms with Crippen molar-refractivity contribution in [3.63, 3.8) is 0 Å². The molecule has 21 heavy (non-hydrogen) atoms. The average molecular weight is 321 g/mol. The van der Waals surface area contributed by atoms with Gasteiger partial charge in [0.15, 0.2) is 5.11 Å². The van der Waals surface area contributed by atoms with Crippen LogP contribution in [0, 0.1) is 0 Å². The first-order valence-corrected chi connectivity index (χ1v) is 6.89. The van der Waals surface area contributed by atoms with Crippen LogP contribution in [-0.2, 0) is 0 Å². The number of methoxy groups -OCH3 is 1. The summed E-state index contributed by atoms with van der Waals surface area (Å²) < 4.78 is 5.07. The minimum absolute atomic E-state index is 0.222. The molecule has 0 unspecified atom stereocenters. The molecule has 0 saturated carbocycles. The topological polar surface area (TPSA) is 50.4 Å². The van der Waals surface area contributed by atoms with E-state index in [1.54, 1.807) is 55.6 Å². The Kier molecular flexibility index (Phi) is 5.14. The molecule has 108 valence electrons. The lowest BCUT2D eigenvalue weighted by atomic mass is 10.2. The van der Waals surface area contributed by atoms with Crippen molar-refractivity contribution in [1.29, 1.82) is 0 Å². The minimum atomic E-state index is -0.294. The predicted octanol–water partition coefficient (Wildman–Crippen LogP) is 3.48. The SMILES string of the molecule is COc1ccc(NC(=S)NC(=O)c2ccc(Cl)cc2)cc1. The Bertz CT molecular complexity index is 642. The van der Waals surface area contributed by atoms with Crippen molar-refractivity contribution >= 4 is 40.5 Å². The summed E-state index contributed by atoms with van der Waals surface area (Å²) in [7, 11) is 1.60. The van der Waals surface area contributed by atoms with Gasteiger partial charge in [-0.2, -0.15) is 0 Å². The molecule has 2 aromatic rings. The van der Waals surface area contributed by atoms with Gasteiger partial charge < -0.3 is 10.1 Å². The normalized spacial score (nSPS) is 9.81. The molecule has 4 nitrogen and oxygen atoms in total. The van der Waals surface area contributed by atoms with Gasteiger partial charge >= 0.3 is 0 Å². The van der Waals surface area contributed by atoms with Crippen molar-refractivity contribution in [3.05, 3.63) is 59.1 Å². The second-order valence-electron chi connectivity index (χ2n) is 4.14. The van der Waals surface area contributed by atoms with Gasteiger partial charge in [0.2, 0.25) is 0 Å². The van der Waals surface area contributed by atoms with E-state index < -0.39 is 0 Å². The van der Waals surface area contributed by atoms with Crippen molar-refractivity contribution in [2.24, 2.45) is 0 Å². The highest BCUT2D eigenvalue weighted by molar-refractivity contribution is 7.80. The van der Waals surface area contributed by atoms with Crippen LogP contribution in [0.4, 0.5) is 5.69 Å². The van der Waals surface area contributed by atoms with E-state index in [0.717, 1.165) is 11.4 Å². The second-order valence-corrected chi connectivity index (χ2v) is 4.99. The number of hydrogen-bond acceptors (Lipinski definition) is 3. The first-order chi connectivity index (χ1) is 10.1. The third-order valence-electron chi connectivity index (χ3n) is 2.68. The van der Waals surface area contributed by atoms with Crippen molar-refractivity contribution in [2.75, 3.05) is 12.4 Å². The summed E-state index contributed by atoms with van der Waals surface area (Å²) >= 11 is 10.9. The first kappa shape index (κ1) is 15.3. The van der Waals surface area contributed by atoms with Crippen LogP contribution in [0.3, 0.4) is 0 Å². The van der Waals surface area contributed by atoms with Gasteiger partial charge in [-0.15, -0.1) is 0 Å². The van der Waals surface area contributed by atoms with E-state index in [1.165, 1.54) is 0 Å². The highest BCUT2D eigenvalue weighted by atomic mass is 35.5. The molecule has 0 radical (unpaired) electrons. The largest absolute Gasteiger partial charge is 0.497 e. The van der Waals surface area contributed by atoms with Crippen molar-refractivity contribution in [2.45, 2.75) is 0 Å². The van der Waals surface area contributed by atoms with Gasteiger partial charge in [-0.05, 0) is 60.7 Å². The molecule has 0 aliphatic carbocycles. The predicted molar refractivity (Wildman–Crippen MR) is 88.1 cm³/mol. The van der Waals surface area contributed by atoms with Crippen LogP contribution in [-0.4, -0.2) is 18.1 Å². The van der Waals surface area contributed by atoms with Crippen LogP contribution in [0.2, 0.25) is 5.02 Å². The molecule has 2 N–H and O–H groups in total. The number of carbonyl (C=O) groups is 1. The molecule has 2 aromatic carbocycles. The van der Waals surface area contributed by atoms with Gasteiger partial charge in [0.25, 0.3) is 5.91 Å². The number of nitrogens with one attached hydrogen (secondary N) is 2. The van der Waals surface area contributed by atoms with Crippen molar-refractivity contribution in [1.82, 2.24) is 5.32 Å². The zero-order valence-electron chi connectivity index (χ0n) is 11.2. The number of hydrogen-bond donors (Lipinski definition) is 2. The summed E-state index contributed by atoms with van der Waals surface area (Å²) in [4.78, 5) is 12.0. The fourth-order valence-corrected chi connectivity index (χ4v) is 1.95. The first-order valence-electron chi connectivity index (χ1n) is 6.10. The Hall–Kier alpha value is -2.11. The van der Waals surface area contributed by atoms with E-state index in [4.69, 9.17) is 28.6 Å². The van der Waals surface area contributed by atoms with Gasteiger partial charge in [-0.1, -0.05) is 11.6 Å². The van der Waals surface area contributed by atoms with Crippen LogP contribution in [0.1, 0.15) is 10.4 Å². The Balaban J connectivity index is 1.94. The molecule has 1 amide bonds. The summed E-state index contributed by atoms with van der Waals surface area (Å²) in [5, 5.41) is 6.32. The molecule has 6 heteroatoms. The van der Waals surface area contributed by atoms with Crippen LogP contribution < -0.4 is 15.4 Å². The number of benzene rings is 2. The highest BCUT2D eigenvalue weighted by Gasteiger charge is 2.07. The number of rotatable bonds is 3. The minimum Gasteiger partial charge on any atom is -0.497 e. The summed E-state index contributed by atoms with van der Waals surface area (Å²) in [6, 6.07) is 13.8. The summed E-state index contributed by atoms with van der Waals surface area (Å²) in [5.41, 5.74) is 1.25. The van der Waals surface area contributed by atoms with E-state index in [1.807, 2.05) is 0 Å². The maximum Gasteiger partial charge on any atom is 0.257 e. The van der Waals surface area contributed by atoms with Crippen LogP contribution in [0.5, 0.6) is 5.75 Å². The van der Waals surface area contributed by atoms with Crippen LogP contribution in [0.25, 0.3) is 0 Å². The Labute approximate surface area is 133 Å². The van der Waals surface area contributed by atoms with Gasteiger partial charge in [0.05, 0.1) is 7.11 Å². The number of anilines is 1. The molecule has 0 atom stereocenters. The molecule has 0 bridgehead atoms. The van der Waals surface area contributed by atoms with Crippen LogP contribution in [0.15, 0.2) is 48.5 Å². The monoisotopic (exact) mass is 320 g/mol. The number of carbonyl (C=O) groups excluding carboxylic acids is 1. The molecule has 0 spiro atoms. The lowest BCUT2D eigenvalue weighted by Crippen LogP contribution is -2.34. The summed E-state index contributed by atoms with van der Waals surface area (Å²) in [5.74, 6) is 0.453. The fourth-order valence-electron chi connectivity index (χ4n) is 1.61. The summed E-state index contributed by atoms with van der Waals surface area (Å²) in [6.45, 7) is 0. The maximum atomic E-state index is 12.0. The van der Waals surface area contributed by atoms with Crippen molar-refractivity contribution < 1.29 is 9.53 Å². The van der Waals surface area contributed by atoms with E-state index in [-0.39, 0.29) is 11.0 Å². The second kappa shape index (κ2) is 7.06. The van der Waals surface area contributed by atoms with Gasteiger partial charge in [-0.3, -0.25) is 10.1 Å². The fraction of sp³-hybridized carbons (Fsp3) is 0.0667. The molecule has 0 aromatic heterocycles. The molecule has 0 aliphatic heterocycles. The third-order valence-corrected chi connectivity index (χ3v) is 3.14. The highest BCUT2D eigenvalue weighted by Crippen LogP contribution is 2.15. The number of halogens is 1. The summed E-state index contributed by atoms with van der Waals surface area (Å²) in [6.07, 6.45) is 0. The molecular weight excluding hydrogens is 308 g/mol. The number of ether oxygens (including phenoxy) is 1. The van der Waals surface area contributed by atoms with Gasteiger partial charge in [-0.25, -0.2) is 0 Å². The van der Waals surface area contributed by atoms with E-state index in [2.05, 4.69) is 10.6 Å². The Morgan fingerprint density at radius 2 is 1.71 bits per heavy atom. The molecular formula is C15H13ClN2O2S. The van der Waals surface area contributed by atoms with E-state index in [9.17, 15) is 4.79 Å². The molecule has 0 aliphatic rings. The zero-order valence-corrected chi connectivity index (χ0v) is 12.8. The van der Waals surface area contributed by atoms with Gasteiger partial charge in [0.1, 0.15) is 5.75 Å². The molecule has 2 rings (SSSR count). The molecule has 0 saturated heterocycles. The number of thiocarbonyl (C=S) groups is 1. The third kappa shape index (κ3) is 4.44. The zero-order chi connectivity index (χ0) is 15.2. The average Bonchev–Trinajstić information content (AvgIpc) is 2.48. The molecule has 0 heterocycles. The standard InChI is InChI=1S/C15H13ClN2O2S/c1-20-13-8-6-12(7-9-13)17-15(21)18-14(19)10-2-4-11(16)5-3-10/h2-9H,1H3,(H2,17,18,19,21). The van der Waals surface area contributed by atoms with Gasteiger partial charge in [0, 0.05) is 16.3 Å². The molecule has 0 fully saturated rings. The van der Waals surface area contributed by atoms with E-state index in [0.29, 0.717) is 10.6 Å². The van der Waals surface area contributed by atoms with E-state index >= 15 is 0 Å². The Morgan fingerprint density at radius 3 is 2.29 bits per heavy atom.